The van der Waals surface area contributed by atoms with Crippen LogP contribution in [0, 0.1) is 0 Å². The van der Waals surface area contributed by atoms with Crippen LogP contribution in [0.1, 0.15) is 19.8 Å². The summed E-state index contributed by atoms with van der Waals surface area (Å²) in [5.74, 6) is 0.208. The molecule has 3 N–H and O–H groups in total. The first-order valence-corrected chi connectivity index (χ1v) is 3.95. The van der Waals surface area contributed by atoms with E-state index in [1.807, 2.05) is 6.92 Å². The molecule has 0 aromatic heterocycles. The van der Waals surface area contributed by atoms with Crippen LogP contribution in [0.5, 0.6) is 0 Å². The first-order valence-electron chi connectivity index (χ1n) is 3.95. The van der Waals surface area contributed by atoms with Gasteiger partial charge in [-0.2, -0.15) is 0 Å². The van der Waals surface area contributed by atoms with Crippen molar-refractivity contribution in [1.82, 2.24) is 5.32 Å². The smallest absolute Gasteiger partial charge is 0.278 e. The average molecular weight is 143 g/mol. The Morgan fingerprint density at radius 3 is 3.10 bits per heavy atom. The number of amides is 1. The lowest BCUT2D eigenvalue weighted by Crippen LogP contribution is -2.89. The maximum absolute atomic E-state index is 11.1. The summed E-state index contributed by atoms with van der Waals surface area (Å²) in [6, 6.07) is 0.208. The molecule has 0 unspecified atom stereocenters. The summed E-state index contributed by atoms with van der Waals surface area (Å²) in [5, 5.41) is 4.93. The third-order valence-corrected chi connectivity index (χ3v) is 1.86. The van der Waals surface area contributed by atoms with Gasteiger partial charge in [0.05, 0.1) is 6.54 Å². The Hall–Kier alpha value is -0.570. The minimum Gasteiger partial charge on any atom is -0.351 e. The highest BCUT2D eigenvalue weighted by atomic mass is 16.2. The van der Waals surface area contributed by atoms with Gasteiger partial charge in [-0.25, -0.2) is 0 Å². The molecule has 0 bridgehead atoms. The van der Waals surface area contributed by atoms with E-state index in [1.54, 1.807) is 0 Å². The summed E-state index contributed by atoms with van der Waals surface area (Å²) >= 11 is 0. The molecule has 1 aliphatic heterocycles. The Bertz CT molecular complexity index is 119. The van der Waals surface area contributed by atoms with E-state index in [-0.39, 0.29) is 11.9 Å². The molecule has 1 aliphatic rings. The van der Waals surface area contributed by atoms with Crippen LogP contribution < -0.4 is 10.6 Å². The van der Waals surface area contributed by atoms with Gasteiger partial charge in [0.25, 0.3) is 5.91 Å². The normalized spacial score (nSPS) is 24.7. The molecule has 0 radical (unpaired) electrons. The van der Waals surface area contributed by atoms with E-state index >= 15 is 0 Å². The van der Waals surface area contributed by atoms with Crippen molar-refractivity contribution in [1.29, 1.82) is 0 Å². The molecule has 0 aliphatic carbocycles. The highest BCUT2D eigenvalue weighted by Gasteiger charge is 2.24. The summed E-state index contributed by atoms with van der Waals surface area (Å²) in [5.41, 5.74) is 0. The van der Waals surface area contributed by atoms with Crippen molar-refractivity contribution in [3.8, 4) is 0 Å². The molecule has 1 heterocycles. The van der Waals surface area contributed by atoms with Crippen LogP contribution in [0.4, 0.5) is 0 Å². The Kier molecular flexibility index (Phi) is 2.68. The number of carbonyl (C=O) groups excluding carboxylic acids is 1. The van der Waals surface area contributed by atoms with Gasteiger partial charge in [0.1, 0.15) is 0 Å². The molecule has 10 heavy (non-hydrogen) atoms. The number of hydrogen-bond acceptors (Lipinski definition) is 1. The third kappa shape index (κ3) is 1.70. The molecular formula is C7H15N2O+. The Morgan fingerprint density at radius 2 is 2.60 bits per heavy atom. The molecule has 0 aromatic rings. The molecule has 0 aromatic carbocycles. The van der Waals surface area contributed by atoms with E-state index in [0.29, 0.717) is 0 Å². The fourth-order valence-corrected chi connectivity index (χ4v) is 1.32. The van der Waals surface area contributed by atoms with Gasteiger partial charge in [0.15, 0.2) is 6.04 Å². The monoisotopic (exact) mass is 143 g/mol. The van der Waals surface area contributed by atoms with E-state index in [1.165, 1.54) is 6.42 Å². The van der Waals surface area contributed by atoms with Gasteiger partial charge in [-0.1, -0.05) is 0 Å². The van der Waals surface area contributed by atoms with Crippen molar-refractivity contribution >= 4 is 5.91 Å². The maximum atomic E-state index is 11.1. The van der Waals surface area contributed by atoms with Crippen LogP contribution in [0.3, 0.4) is 0 Å². The molecule has 0 spiro atoms. The molecule has 1 saturated heterocycles. The second-order valence-electron chi connectivity index (χ2n) is 2.67. The average Bonchev–Trinajstić information content (AvgIpc) is 2.38. The summed E-state index contributed by atoms with van der Waals surface area (Å²) in [7, 11) is 0. The standard InChI is InChI=1S/C7H14N2O/c1-2-8-7(10)6-4-3-5-9-6/h6,9H,2-5H2,1H3,(H,8,10)/p+1/t6-/m0/s1. The van der Waals surface area contributed by atoms with Gasteiger partial charge in [-0.3, -0.25) is 4.79 Å². The second-order valence-corrected chi connectivity index (χ2v) is 2.67. The van der Waals surface area contributed by atoms with Crippen molar-refractivity contribution in [2.45, 2.75) is 25.8 Å². The van der Waals surface area contributed by atoms with Crippen molar-refractivity contribution < 1.29 is 10.1 Å². The minimum atomic E-state index is 0.208. The lowest BCUT2D eigenvalue weighted by molar-refractivity contribution is -0.657. The lowest BCUT2D eigenvalue weighted by atomic mass is 10.2. The van der Waals surface area contributed by atoms with E-state index in [2.05, 4.69) is 10.6 Å². The Morgan fingerprint density at radius 1 is 1.80 bits per heavy atom. The number of quaternary nitrogens is 1. The highest BCUT2D eigenvalue weighted by Crippen LogP contribution is 1.96. The molecule has 1 rings (SSSR count). The van der Waals surface area contributed by atoms with Crippen LogP contribution in [0.15, 0.2) is 0 Å². The van der Waals surface area contributed by atoms with E-state index in [4.69, 9.17) is 0 Å². The Balaban J connectivity index is 2.25. The van der Waals surface area contributed by atoms with Crippen molar-refractivity contribution in [2.24, 2.45) is 0 Å². The lowest BCUT2D eigenvalue weighted by Gasteiger charge is -2.05. The molecule has 1 amide bonds. The number of hydrogen-bond donors (Lipinski definition) is 2. The molecule has 3 heteroatoms. The van der Waals surface area contributed by atoms with Gasteiger partial charge in [-0.05, 0) is 6.92 Å². The molecule has 0 saturated carbocycles. The van der Waals surface area contributed by atoms with Gasteiger partial charge < -0.3 is 10.6 Å². The fraction of sp³-hybridized carbons (Fsp3) is 0.857. The molecular weight excluding hydrogens is 128 g/mol. The molecule has 58 valence electrons. The third-order valence-electron chi connectivity index (χ3n) is 1.86. The van der Waals surface area contributed by atoms with E-state index in [0.717, 1.165) is 19.5 Å². The number of nitrogens with two attached hydrogens (primary N) is 1. The van der Waals surface area contributed by atoms with Crippen LogP contribution in [-0.2, 0) is 4.79 Å². The van der Waals surface area contributed by atoms with Crippen molar-refractivity contribution in [3.05, 3.63) is 0 Å². The van der Waals surface area contributed by atoms with Gasteiger partial charge in [0, 0.05) is 19.4 Å². The van der Waals surface area contributed by atoms with Crippen LogP contribution in [0.2, 0.25) is 0 Å². The zero-order valence-electron chi connectivity index (χ0n) is 6.39. The second kappa shape index (κ2) is 3.56. The zero-order valence-corrected chi connectivity index (χ0v) is 6.39. The number of rotatable bonds is 2. The predicted molar refractivity (Wildman–Crippen MR) is 38.5 cm³/mol. The molecule has 1 atom stereocenters. The molecule has 3 nitrogen and oxygen atoms in total. The molecule has 1 fully saturated rings. The first-order chi connectivity index (χ1) is 4.84. The number of carbonyl (C=O) groups is 1. The largest absolute Gasteiger partial charge is 0.351 e. The summed E-state index contributed by atoms with van der Waals surface area (Å²) in [6.45, 7) is 3.82. The predicted octanol–water partition coefficient (Wildman–Crippen LogP) is -1.15. The summed E-state index contributed by atoms with van der Waals surface area (Å²) in [4.78, 5) is 11.1. The Labute approximate surface area is 61.2 Å². The summed E-state index contributed by atoms with van der Waals surface area (Å²) in [6.07, 6.45) is 2.23. The van der Waals surface area contributed by atoms with Crippen LogP contribution in [-0.4, -0.2) is 25.0 Å². The van der Waals surface area contributed by atoms with Gasteiger partial charge in [0.2, 0.25) is 0 Å². The van der Waals surface area contributed by atoms with Gasteiger partial charge >= 0.3 is 0 Å². The fourth-order valence-electron chi connectivity index (χ4n) is 1.32. The maximum Gasteiger partial charge on any atom is 0.278 e. The summed E-state index contributed by atoms with van der Waals surface area (Å²) < 4.78 is 0. The van der Waals surface area contributed by atoms with Crippen LogP contribution in [0.25, 0.3) is 0 Å². The topological polar surface area (TPSA) is 45.7 Å². The zero-order chi connectivity index (χ0) is 7.40. The number of likely N-dealkylation sites (N-methyl/N-ethyl adjacent to an activating group) is 1. The first kappa shape index (κ1) is 7.54. The van der Waals surface area contributed by atoms with Crippen LogP contribution >= 0.6 is 0 Å². The number of nitrogens with one attached hydrogen (secondary N) is 1. The van der Waals surface area contributed by atoms with E-state index < -0.39 is 0 Å². The van der Waals surface area contributed by atoms with Crippen molar-refractivity contribution in [3.63, 3.8) is 0 Å². The van der Waals surface area contributed by atoms with Crippen molar-refractivity contribution in [2.75, 3.05) is 13.1 Å². The minimum absolute atomic E-state index is 0.208. The highest BCUT2D eigenvalue weighted by molar-refractivity contribution is 5.80. The van der Waals surface area contributed by atoms with E-state index in [9.17, 15) is 4.79 Å². The quantitative estimate of drug-likeness (QED) is 0.503. The van der Waals surface area contributed by atoms with Gasteiger partial charge in [-0.15, -0.1) is 0 Å². The SMILES string of the molecule is CCNC(=O)[C@@H]1CCC[NH2+]1.